The number of hydrazine groups is 1. The molecule has 0 aromatic heterocycles. The Balaban J connectivity index is 2.36. The molecule has 1 fully saturated rings. The van der Waals surface area contributed by atoms with Crippen LogP contribution < -0.4 is 10.2 Å². The number of nitrogens with zero attached hydrogens (tertiary/aromatic N) is 1. The maximum atomic E-state index is 13.7. The Kier molecular flexibility index (Phi) is 5.13. The van der Waals surface area contributed by atoms with E-state index in [1.807, 2.05) is 13.8 Å². The normalized spacial score (nSPS) is 19.4. The summed E-state index contributed by atoms with van der Waals surface area (Å²) in [5, 5.41) is 0.997. The van der Waals surface area contributed by atoms with Crippen LogP contribution in [0, 0.1) is 5.92 Å². The summed E-state index contributed by atoms with van der Waals surface area (Å²) in [6.07, 6.45) is -4.52. The fraction of sp³-hybridized carbons (Fsp3) is 0.588. The molecule has 0 bridgehead atoms. The van der Waals surface area contributed by atoms with Crippen LogP contribution in [0.4, 0.5) is 13.2 Å². The van der Waals surface area contributed by atoms with Gasteiger partial charge < -0.3 is 4.74 Å². The second-order valence-corrected chi connectivity index (χ2v) is 7.12. The van der Waals surface area contributed by atoms with Gasteiger partial charge in [0.2, 0.25) is 5.91 Å². The zero-order chi connectivity index (χ0) is 18.1. The Morgan fingerprint density at radius 2 is 2.00 bits per heavy atom. The zero-order valence-corrected chi connectivity index (χ0v) is 14.3. The molecule has 1 atom stereocenters. The van der Waals surface area contributed by atoms with Crippen LogP contribution >= 0.6 is 0 Å². The maximum Gasteiger partial charge on any atom is 0.409 e. The lowest BCUT2D eigenvalue weighted by Gasteiger charge is -2.38. The summed E-state index contributed by atoms with van der Waals surface area (Å²) in [6.45, 7) is 7.58. The molecule has 2 rings (SSSR count). The van der Waals surface area contributed by atoms with E-state index < -0.39 is 23.7 Å². The Morgan fingerprint density at radius 3 is 2.50 bits per heavy atom. The van der Waals surface area contributed by atoms with Gasteiger partial charge in [-0.3, -0.25) is 10.2 Å². The number of hydrogen-bond acceptors (Lipinski definition) is 3. The Bertz CT molecular complexity index is 600. The SMILES string of the molecule is CC(C)COc1cccc(C(N2NC(=O)CC2(C)C)C(F)(F)F)c1. The summed E-state index contributed by atoms with van der Waals surface area (Å²) >= 11 is 0. The lowest BCUT2D eigenvalue weighted by molar-refractivity contribution is -0.203. The van der Waals surface area contributed by atoms with Gasteiger partial charge in [0.25, 0.3) is 0 Å². The quantitative estimate of drug-likeness (QED) is 0.882. The van der Waals surface area contributed by atoms with Crippen molar-refractivity contribution in [1.29, 1.82) is 0 Å². The number of hydrogen-bond donors (Lipinski definition) is 1. The van der Waals surface area contributed by atoms with Crippen molar-refractivity contribution in [3.05, 3.63) is 29.8 Å². The van der Waals surface area contributed by atoms with E-state index >= 15 is 0 Å². The Labute approximate surface area is 139 Å². The van der Waals surface area contributed by atoms with Gasteiger partial charge in [-0.15, -0.1) is 0 Å². The average Bonchev–Trinajstić information content (AvgIpc) is 2.68. The van der Waals surface area contributed by atoms with Crippen LogP contribution in [0.5, 0.6) is 5.75 Å². The molecule has 1 aromatic carbocycles. The minimum Gasteiger partial charge on any atom is -0.493 e. The van der Waals surface area contributed by atoms with Crippen molar-refractivity contribution in [3.8, 4) is 5.75 Å². The average molecular weight is 344 g/mol. The summed E-state index contributed by atoms with van der Waals surface area (Å²) in [5.74, 6) is 0.240. The molecule has 0 radical (unpaired) electrons. The molecule has 4 nitrogen and oxygen atoms in total. The number of rotatable bonds is 5. The van der Waals surface area contributed by atoms with Crippen LogP contribution in [-0.4, -0.2) is 29.2 Å². The van der Waals surface area contributed by atoms with Crippen LogP contribution in [0.3, 0.4) is 0 Å². The van der Waals surface area contributed by atoms with Crippen LogP contribution in [0.15, 0.2) is 24.3 Å². The first-order valence-corrected chi connectivity index (χ1v) is 7.89. The highest BCUT2D eigenvalue weighted by atomic mass is 19.4. The van der Waals surface area contributed by atoms with Gasteiger partial charge in [0, 0.05) is 12.0 Å². The number of halogens is 3. The summed E-state index contributed by atoms with van der Waals surface area (Å²) in [6, 6.07) is 4.03. The number of benzene rings is 1. The predicted molar refractivity (Wildman–Crippen MR) is 84.2 cm³/mol. The van der Waals surface area contributed by atoms with Crippen molar-refractivity contribution in [3.63, 3.8) is 0 Å². The molecule has 0 saturated carbocycles. The third-order valence-electron chi connectivity index (χ3n) is 3.82. The van der Waals surface area contributed by atoms with Crippen LogP contribution in [0.25, 0.3) is 0 Å². The molecule has 1 aromatic rings. The fourth-order valence-corrected chi connectivity index (χ4v) is 2.74. The smallest absolute Gasteiger partial charge is 0.409 e. The summed E-state index contributed by atoms with van der Waals surface area (Å²) < 4.78 is 46.8. The van der Waals surface area contributed by atoms with Gasteiger partial charge in [0.05, 0.1) is 6.61 Å². The molecular weight excluding hydrogens is 321 g/mol. The van der Waals surface area contributed by atoms with E-state index in [1.165, 1.54) is 18.2 Å². The van der Waals surface area contributed by atoms with E-state index in [2.05, 4.69) is 5.43 Å². The summed E-state index contributed by atoms with van der Waals surface area (Å²) in [7, 11) is 0. The molecule has 7 heteroatoms. The minimum absolute atomic E-state index is 0.0170. The maximum absolute atomic E-state index is 13.7. The topological polar surface area (TPSA) is 41.6 Å². The lowest BCUT2D eigenvalue weighted by Crippen LogP contribution is -2.51. The van der Waals surface area contributed by atoms with Crippen molar-refractivity contribution < 1.29 is 22.7 Å². The van der Waals surface area contributed by atoms with E-state index in [-0.39, 0.29) is 17.9 Å². The fourth-order valence-electron chi connectivity index (χ4n) is 2.74. The van der Waals surface area contributed by atoms with Crippen molar-refractivity contribution in [2.24, 2.45) is 5.92 Å². The highest BCUT2D eigenvalue weighted by molar-refractivity contribution is 5.79. The van der Waals surface area contributed by atoms with E-state index in [0.29, 0.717) is 12.4 Å². The number of carbonyl (C=O) groups excluding carboxylic acids is 1. The molecule has 1 aliphatic rings. The van der Waals surface area contributed by atoms with Crippen LogP contribution in [-0.2, 0) is 4.79 Å². The monoisotopic (exact) mass is 344 g/mol. The van der Waals surface area contributed by atoms with Crippen LogP contribution in [0.2, 0.25) is 0 Å². The molecule has 134 valence electrons. The predicted octanol–water partition coefficient (Wildman–Crippen LogP) is 3.84. The Morgan fingerprint density at radius 1 is 1.33 bits per heavy atom. The van der Waals surface area contributed by atoms with Crippen LogP contribution in [0.1, 0.15) is 45.7 Å². The van der Waals surface area contributed by atoms with E-state index in [4.69, 9.17) is 4.74 Å². The van der Waals surface area contributed by atoms with Gasteiger partial charge in [0.1, 0.15) is 5.75 Å². The van der Waals surface area contributed by atoms with Gasteiger partial charge in [-0.05, 0) is 37.5 Å². The molecular formula is C17H23F3N2O2. The number of amides is 1. The standard InChI is InChI=1S/C17H23F3N2O2/c1-11(2)10-24-13-7-5-6-12(8-13)15(17(18,19)20)22-16(3,4)9-14(23)21-22/h5-8,11,15H,9-10H2,1-4H3,(H,21,23). The summed E-state index contributed by atoms with van der Waals surface area (Å²) in [5.41, 5.74) is 1.45. The van der Waals surface area contributed by atoms with Crippen molar-refractivity contribution in [2.75, 3.05) is 6.61 Å². The first kappa shape index (κ1) is 18.6. The lowest BCUT2D eigenvalue weighted by atomic mass is 9.97. The first-order valence-electron chi connectivity index (χ1n) is 7.89. The molecule has 0 aliphatic carbocycles. The van der Waals surface area contributed by atoms with E-state index in [1.54, 1.807) is 19.9 Å². The van der Waals surface area contributed by atoms with Crippen molar-refractivity contribution >= 4 is 5.91 Å². The second-order valence-electron chi connectivity index (χ2n) is 7.12. The van der Waals surface area contributed by atoms with E-state index in [9.17, 15) is 18.0 Å². The third-order valence-corrected chi connectivity index (χ3v) is 3.82. The number of nitrogens with one attached hydrogen (secondary N) is 1. The zero-order valence-electron chi connectivity index (χ0n) is 14.3. The molecule has 24 heavy (non-hydrogen) atoms. The van der Waals surface area contributed by atoms with Gasteiger partial charge >= 0.3 is 6.18 Å². The van der Waals surface area contributed by atoms with E-state index in [0.717, 1.165) is 5.01 Å². The Hall–Kier alpha value is -1.76. The molecule has 1 aliphatic heterocycles. The molecule has 1 saturated heterocycles. The molecule has 1 N–H and O–H groups in total. The van der Waals surface area contributed by atoms with Crippen molar-refractivity contribution in [1.82, 2.24) is 10.4 Å². The first-order chi connectivity index (χ1) is 11.0. The second kappa shape index (κ2) is 6.63. The van der Waals surface area contributed by atoms with Gasteiger partial charge in [-0.25, -0.2) is 0 Å². The number of carbonyl (C=O) groups is 1. The molecule has 1 heterocycles. The highest BCUT2D eigenvalue weighted by Crippen LogP contribution is 2.43. The van der Waals surface area contributed by atoms with Gasteiger partial charge in [-0.2, -0.15) is 18.2 Å². The minimum atomic E-state index is -4.54. The number of ether oxygens (including phenoxy) is 1. The molecule has 0 spiro atoms. The molecule has 1 unspecified atom stereocenters. The summed E-state index contributed by atoms with van der Waals surface area (Å²) in [4.78, 5) is 11.6. The number of alkyl halides is 3. The molecule has 1 amide bonds. The largest absolute Gasteiger partial charge is 0.493 e. The van der Waals surface area contributed by atoms with Gasteiger partial charge in [-0.1, -0.05) is 26.0 Å². The van der Waals surface area contributed by atoms with Gasteiger partial charge in [0.15, 0.2) is 6.04 Å². The third kappa shape index (κ3) is 4.20. The van der Waals surface area contributed by atoms with Crippen molar-refractivity contribution in [2.45, 2.75) is 51.9 Å². The highest BCUT2D eigenvalue weighted by Gasteiger charge is 2.53.